The summed E-state index contributed by atoms with van der Waals surface area (Å²) in [6.45, 7) is -0.545. The van der Waals surface area contributed by atoms with Crippen LogP contribution in [0.2, 0.25) is 0 Å². The molecule has 0 aliphatic carbocycles. The molecule has 0 rings (SSSR count). The van der Waals surface area contributed by atoms with E-state index in [1.54, 1.807) is 0 Å². The van der Waals surface area contributed by atoms with E-state index in [4.69, 9.17) is 25.3 Å². The quantitative estimate of drug-likeness (QED) is 0.327. The Balaban J connectivity index is 3.09. The molecule has 5 heteroatoms. The van der Waals surface area contributed by atoms with Crippen molar-refractivity contribution in [2.24, 2.45) is 0 Å². The predicted octanol–water partition coefficient (Wildman–Crippen LogP) is -0.140. The standard InChI is InChI=1S/C4H11ClO3Si/c1-6-4(7-2)8-3-9-5/h4H,3,9H2,1-2H3. The highest BCUT2D eigenvalue weighted by Gasteiger charge is 2.01. The zero-order valence-corrected chi connectivity index (χ0v) is 7.76. The van der Waals surface area contributed by atoms with E-state index < -0.39 is 15.3 Å². The minimum atomic E-state index is -0.557. The third-order valence-electron chi connectivity index (χ3n) is 0.716. The third-order valence-corrected chi connectivity index (χ3v) is 1.57. The lowest BCUT2D eigenvalue weighted by atomic mass is 11.2. The first-order valence-corrected chi connectivity index (χ1v) is 5.72. The Kier molecular flexibility index (Phi) is 6.79. The molecule has 0 unspecified atom stereocenters. The molecule has 0 saturated heterocycles. The number of methoxy groups -OCH3 is 2. The van der Waals surface area contributed by atoms with Crippen LogP contribution in [-0.4, -0.2) is 35.8 Å². The van der Waals surface area contributed by atoms with Gasteiger partial charge in [0.15, 0.2) is 8.83 Å². The van der Waals surface area contributed by atoms with Crippen LogP contribution in [0.1, 0.15) is 0 Å². The van der Waals surface area contributed by atoms with Crippen LogP contribution in [-0.2, 0) is 14.2 Å². The van der Waals surface area contributed by atoms with Crippen molar-refractivity contribution in [3.05, 3.63) is 0 Å². The second-order valence-electron chi connectivity index (χ2n) is 1.32. The largest absolute Gasteiger partial charge is 0.333 e. The summed E-state index contributed by atoms with van der Waals surface area (Å²) >= 11 is 5.46. The second kappa shape index (κ2) is 6.51. The molecule has 0 atom stereocenters. The van der Waals surface area contributed by atoms with Crippen molar-refractivity contribution in [1.82, 2.24) is 0 Å². The summed E-state index contributed by atoms with van der Waals surface area (Å²) in [4.78, 5) is 0. The summed E-state index contributed by atoms with van der Waals surface area (Å²) in [6.07, 6.45) is 0.577. The van der Waals surface area contributed by atoms with E-state index in [1.165, 1.54) is 14.2 Å². The van der Waals surface area contributed by atoms with Gasteiger partial charge in [-0.15, -0.1) is 0 Å². The maximum Gasteiger partial charge on any atom is 0.270 e. The van der Waals surface area contributed by atoms with Gasteiger partial charge in [0.1, 0.15) is 0 Å². The van der Waals surface area contributed by atoms with Gasteiger partial charge in [-0.3, -0.25) is 0 Å². The van der Waals surface area contributed by atoms with Gasteiger partial charge in [0.2, 0.25) is 0 Å². The van der Waals surface area contributed by atoms with Gasteiger partial charge in [0, 0.05) is 14.2 Å². The summed E-state index contributed by atoms with van der Waals surface area (Å²) in [5.74, 6) is 0. The van der Waals surface area contributed by atoms with Gasteiger partial charge in [0.05, 0.1) is 6.23 Å². The van der Waals surface area contributed by atoms with Crippen LogP contribution in [0.3, 0.4) is 0 Å². The first-order chi connectivity index (χ1) is 4.35. The highest BCUT2D eigenvalue weighted by Crippen LogP contribution is 1.91. The molecule has 0 amide bonds. The van der Waals surface area contributed by atoms with Gasteiger partial charge in [0.25, 0.3) is 6.48 Å². The first-order valence-electron chi connectivity index (χ1n) is 2.58. The van der Waals surface area contributed by atoms with Crippen molar-refractivity contribution in [2.45, 2.75) is 6.48 Å². The predicted molar refractivity (Wildman–Crippen MR) is 38.2 cm³/mol. The SMILES string of the molecule is COC(OC)OC[SiH2]Cl. The van der Waals surface area contributed by atoms with Crippen molar-refractivity contribution in [2.75, 3.05) is 20.4 Å². The van der Waals surface area contributed by atoms with Crippen molar-refractivity contribution >= 4 is 19.9 Å². The van der Waals surface area contributed by atoms with Crippen LogP contribution in [0, 0.1) is 0 Å². The molecular formula is C4H11ClO3Si. The maximum atomic E-state index is 5.46. The fourth-order valence-electron chi connectivity index (χ4n) is 0.373. The van der Waals surface area contributed by atoms with Gasteiger partial charge in [-0.25, -0.2) is 0 Å². The van der Waals surface area contributed by atoms with Gasteiger partial charge < -0.3 is 14.2 Å². The summed E-state index contributed by atoms with van der Waals surface area (Å²) in [5.41, 5.74) is 0. The van der Waals surface area contributed by atoms with Crippen molar-refractivity contribution in [3.63, 3.8) is 0 Å². The zero-order chi connectivity index (χ0) is 7.11. The number of hydrogen-bond donors (Lipinski definition) is 0. The smallest absolute Gasteiger partial charge is 0.270 e. The van der Waals surface area contributed by atoms with Gasteiger partial charge >= 0.3 is 0 Å². The molecule has 56 valence electrons. The van der Waals surface area contributed by atoms with E-state index in [1.807, 2.05) is 0 Å². The molecule has 0 aromatic heterocycles. The monoisotopic (exact) mass is 170 g/mol. The summed E-state index contributed by atoms with van der Waals surface area (Å²) in [7, 11) is 2.48. The van der Waals surface area contributed by atoms with E-state index in [2.05, 4.69) is 0 Å². The van der Waals surface area contributed by atoms with Gasteiger partial charge in [-0.2, -0.15) is 11.1 Å². The molecule has 0 radical (unpaired) electrons. The molecule has 0 bridgehead atoms. The molecule has 0 N–H and O–H groups in total. The Bertz CT molecular complexity index is 59.8. The summed E-state index contributed by atoms with van der Waals surface area (Å²) in [5, 5.41) is 0. The first kappa shape index (κ1) is 9.39. The molecule has 0 saturated carbocycles. The number of rotatable bonds is 5. The van der Waals surface area contributed by atoms with E-state index in [9.17, 15) is 0 Å². The van der Waals surface area contributed by atoms with Crippen molar-refractivity contribution < 1.29 is 14.2 Å². The zero-order valence-electron chi connectivity index (χ0n) is 5.59. The minimum Gasteiger partial charge on any atom is -0.333 e. The van der Waals surface area contributed by atoms with Crippen LogP contribution in [0.15, 0.2) is 0 Å². The fraction of sp³-hybridized carbons (Fsp3) is 1.00. The Morgan fingerprint density at radius 2 is 2.00 bits per heavy atom. The van der Waals surface area contributed by atoms with Crippen LogP contribution < -0.4 is 0 Å². The lowest BCUT2D eigenvalue weighted by Gasteiger charge is -2.11. The molecule has 0 aliphatic heterocycles. The van der Waals surface area contributed by atoms with Crippen LogP contribution >= 0.6 is 11.1 Å². The van der Waals surface area contributed by atoms with Crippen molar-refractivity contribution in [1.29, 1.82) is 0 Å². The average molecular weight is 171 g/mol. The fourth-order valence-corrected chi connectivity index (χ4v) is 0.922. The summed E-state index contributed by atoms with van der Waals surface area (Å²) in [6, 6.07) is 0. The van der Waals surface area contributed by atoms with Crippen molar-refractivity contribution in [3.8, 4) is 0 Å². The van der Waals surface area contributed by atoms with Crippen LogP contribution in [0.25, 0.3) is 0 Å². The Morgan fingerprint density at radius 1 is 1.44 bits per heavy atom. The van der Waals surface area contributed by atoms with Gasteiger partial charge in [-0.05, 0) is 0 Å². The molecule has 0 aromatic rings. The minimum absolute atomic E-state index is 0.545. The number of ether oxygens (including phenoxy) is 3. The molecule has 0 fully saturated rings. The lowest BCUT2D eigenvalue weighted by molar-refractivity contribution is -0.257. The van der Waals surface area contributed by atoms with Crippen LogP contribution in [0.4, 0.5) is 0 Å². The average Bonchev–Trinajstić information content (AvgIpc) is 1.91. The topological polar surface area (TPSA) is 27.7 Å². The van der Waals surface area contributed by atoms with Crippen LogP contribution in [0.5, 0.6) is 0 Å². The maximum absolute atomic E-state index is 5.46. The third kappa shape index (κ3) is 4.86. The molecule has 3 nitrogen and oxygen atoms in total. The Labute approximate surface area is 61.8 Å². The highest BCUT2D eigenvalue weighted by atomic mass is 35.6. The van der Waals surface area contributed by atoms with E-state index in [0.717, 1.165) is 0 Å². The van der Waals surface area contributed by atoms with E-state index in [-0.39, 0.29) is 0 Å². The van der Waals surface area contributed by atoms with E-state index >= 15 is 0 Å². The molecule has 9 heavy (non-hydrogen) atoms. The number of hydrogen-bond acceptors (Lipinski definition) is 3. The second-order valence-corrected chi connectivity index (χ2v) is 3.24. The molecule has 0 heterocycles. The molecule has 0 spiro atoms. The van der Waals surface area contributed by atoms with Gasteiger partial charge in [-0.1, -0.05) is 0 Å². The lowest BCUT2D eigenvalue weighted by Crippen LogP contribution is -2.19. The van der Waals surface area contributed by atoms with E-state index in [0.29, 0.717) is 6.23 Å². The number of halogens is 1. The highest BCUT2D eigenvalue weighted by molar-refractivity contribution is 6.93. The Hall–Kier alpha value is 0.387. The molecule has 0 aliphatic rings. The normalized spacial score (nSPS) is 12.0. The Morgan fingerprint density at radius 3 is 2.33 bits per heavy atom. The molecular weight excluding hydrogens is 160 g/mol. The summed E-state index contributed by atoms with van der Waals surface area (Å²) < 4.78 is 14.4. The molecule has 0 aromatic carbocycles.